The number of nitrogens with zero attached hydrogens (tertiary/aromatic N) is 2. The minimum Gasteiger partial charge on any atom is -0.417 e. The van der Waals surface area contributed by atoms with Gasteiger partial charge in [-0.05, 0) is 13.0 Å². The largest absolute Gasteiger partial charge is 0.417 e. The van der Waals surface area contributed by atoms with E-state index in [-0.39, 0.29) is 5.88 Å². The highest BCUT2D eigenvalue weighted by atomic mass is 35.5. The summed E-state index contributed by atoms with van der Waals surface area (Å²) in [6.07, 6.45) is 1.47. The van der Waals surface area contributed by atoms with Crippen LogP contribution < -0.4 is 10.5 Å². The van der Waals surface area contributed by atoms with Gasteiger partial charge in [-0.2, -0.15) is 0 Å². The van der Waals surface area contributed by atoms with E-state index >= 15 is 0 Å². The van der Waals surface area contributed by atoms with Crippen LogP contribution in [0.15, 0.2) is 18.3 Å². The van der Waals surface area contributed by atoms with Crippen LogP contribution in [0.2, 0.25) is 5.02 Å². The number of H-pyrrole nitrogens is 1. The van der Waals surface area contributed by atoms with Crippen molar-refractivity contribution in [2.75, 3.05) is 5.73 Å². The fourth-order valence-electron chi connectivity index (χ4n) is 1.06. The standard InChI is InChI=1S/C9H9ClN4O/c1-5-2-8(14-13-5)15-9-7(10)3-6(11)4-12-9/h2-4H,11H2,1H3,(H,13,14). The van der Waals surface area contributed by atoms with Crippen LogP contribution in [0.4, 0.5) is 5.69 Å². The summed E-state index contributed by atoms with van der Waals surface area (Å²) in [5.74, 6) is 0.712. The summed E-state index contributed by atoms with van der Waals surface area (Å²) >= 11 is 5.88. The van der Waals surface area contributed by atoms with Gasteiger partial charge in [-0.1, -0.05) is 11.6 Å². The van der Waals surface area contributed by atoms with Gasteiger partial charge in [0.05, 0.1) is 11.9 Å². The normalized spacial score (nSPS) is 10.3. The molecule has 3 N–H and O–H groups in total. The van der Waals surface area contributed by atoms with Gasteiger partial charge in [0.1, 0.15) is 5.02 Å². The number of halogens is 1. The first kappa shape index (κ1) is 9.79. The second-order valence-corrected chi connectivity index (χ2v) is 3.45. The van der Waals surface area contributed by atoms with Gasteiger partial charge in [0.25, 0.3) is 0 Å². The fraction of sp³-hybridized carbons (Fsp3) is 0.111. The monoisotopic (exact) mass is 224 g/mol. The highest BCUT2D eigenvalue weighted by Crippen LogP contribution is 2.27. The topological polar surface area (TPSA) is 76.8 Å². The molecule has 5 nitrogen and oxygen atoms in total. The summed E-state index contributed by atoms with van der Waals surface area (Å²) < 4.78 is 5.34. The highest BCUT2D eigenvalue weighted by molar-refractivity contribution is 6.32. The maximum Gasteiger partial charge on any atom is 0.240 e. The van der Waals surface area contributed by atoms with Crippen LogP contribution >= 0.6 is 11.6 Å². The molecule has 0 unspecified atom stereocenters. The van der Waals surface area contributed by atoms with Crippen molar-refractivity contribution in [3.63, 3.8) is 0 Å². The van der Waals surface area contributed by atoms with Gasteiger partial charge in [0.15, 0.2) is 0 Å². The summed E-state index contributed by atoms with van der Waals surface area (Å²) in [7, 11) is 0. The number of nitrogen functional groups attached to an aromatic ring is 1. The molecule has 0 atom stereocenters. The summed E-state index contributed by atoms with van der Waals surface area (Å²) in [4.78, 5) is 3.95. The van der Waals surface area contributed by atoms with Gasteiger partial charge in [0, 0.05) is 11.8 Å². The molecule has 15 heavy (non-hydrogen) atoms. The molecule has 6 heteroatoms. The molecular formula is C9H9ClN4O. The minimum atomic E-state index is 0.289. The molecule has 0 aliphatic carbocycles. The van der Waals surface area contributed by atoms with Gasteiger partial charge in [-0.25, -0.2) is 4.98 Å². The van der Waals surface area contributed by atoms with Crippen molar-refractivity contribution in [1.29, 1.82) is 0 Å². The van der Waals surface area contributed by atoms with Crippen molar-refractivity contribution >= 4 is 17.3 Å². The van der Waals surface area contributed by atoms with Crippen LogP contribution in [0, 0.1) is 6.92 Å². The van der Waals surface area contributed by atoms with E-state index in [0.717, 1.165) is 5.69 Å². The van der Waals surface area contributed by atoms with Gasteiger partial charge >= 0.3 is 0 Å². The number of anilines is 1. The van der Waals surface area contributed by atoms with Crippen molar-refractivity contribution < 1.29 is 4.74 Å². The van der Waals surface area contributed by atoms with E-state index in [2.05, 4.69) is 15.2 Å². The summed E-state index contributed by atoms with van der Waals surface area (Å²) in [5, 5.41) is 7.00. The Bertz CT molecular complexity index is 483. The molecule has 2 rings (SSSR count). The Morgan fingerprint density at radius 1 is 1.47 bits per heavy atom. The zero-order chi connectivity index (χ0) is 10.8. The van der Waals surface area contributed by atoms with Crippen LogP contribution in [-0.2, 0) is 0 Å². The Kier molecular flexibility index (Phi) is 2.47. The predicted molar refractivity (Wildman–Crippen MR) is 57.1 cm³/mol. The van der Waals surface area contributed by atoms with Crippen molar-refractivity contribution in [2.24, 2.45) is 0 Å². The summed E-state index contributed by atoms with van der Waals surface area (Å²) in [6, 6.07) is 3.32. The third-order valence-corrected chi connectivity index (χ3v) is 1.98. The van der Waals surface area contributed by atoms with E-state index in [9.17, 15) is 0 Å². The Labute approximate surface area is 91.2 Å². The number of nitrogens with two attached hydrogens (primary N) is 1. The fourth-order valence-corrected chi connectivity index (χ4v) is 1.27. The number of hydrogen-bond donors (Lipinski definition) is 2. The zero-order valence-electron chi connectivity index (χ0n) is 7.99. The lowest BCUT2D eigenvalue weighted by Crippen LogP contribution is -1.92. The Morgan fingerprint density at radius 3 is 2.87 bits per heavy atom. The maximum absolute atomic E-state index is 5.88. The quantitative estimate of drug-likeness (QED) is 0.819. The van der Waals surface area contributed by atoms with E-state index in [0.29, 0.717) is 16.6 Å². The SMILES string of the molecule is Cc1cc(Oc2ncc(N)cc2Cl)n[nH]1. The lowest BCUT2D eigenvalue weighted by atomic mass is 10.4. The van der Waals surface area contributed by atoms with Gasteiger partial charge < -0.3 is 10.5 Å². The average Bonchev–Trinajstić information content (AvgIpc) is 2.56. The zero-order valence-corrected chi connectivity index (χ0v) is 8.75. The van der Waals surface area contributed by atoms with E-state index in [1.54, 1.807) is 12.1 Å². The molecule has 0 aliphatic rings. The number of nitrogens with one attached hydrogen (secondary N) is 1. The molecular weight excluding hydrogens is 216 g/mol. The first-order chi connectivity index (χ1) is 7.15. The second-order valence-electron chi connectivity index (χ2n) is 3.05. The second kappa shape index (κ2) is 3.78. The summed E-state index contributed by atoms with van der Waals surface area (Å²) in [6.45, 7) is 1.87. The molecule has 0 spiro atoms. The minimum absolute atomic E-state index is 0.289. The molecule has 0 amide bonds. The number of aromatic nitrogens is 3. The predicted octanol–water partition coefficient (Wildman–Crippen LogP) is 2.14. The first-order valence-electron chi connectivity index (χ1n) is 4.26. The van der Waals surface area contributed by atoms with E-state index in [1.165, 1.54) is 6.20 Å². The molecule has 0 bridgehead atoms. The van der Waals surface area contributed by atoms with Crippen LogP contribution in [0.3, 0.4) is 0 Å². The number of rotatable bonds is 2. The Hall–Kier alpha value is -1.75. The third-order valence-electron chi connectivity index (χ3n) is 1.71. The molecule has 2 aromatic heterocycles. The molecule has 0 aliphatic heterocycles. The Balaban J connectivity index is 2.24. The van der Waals surface area contributed by atoms with Crippen LogP contribution in [0.25, 0.3) is 0 Å². The van der Waals surface area contributed by atoms with E-state index in [4.69, 9.17) is 22.1 Å². The smallest absolute Gasteiger partial charge is 0.240 e. The van der Waals surface area contributed by atoms with Crippen LogP contribution in [0.1, 0.15) is 5.69 Å². The van der Waals surface area contributed by atoms with E-state index in [1.807, 2.05) is 6.92 Å². The Morgan fingerprint density at radius 2 is 2.27 bits per heavy atom. The third kappa shape index (κ3) is 2.19. The first-order valence-corrected chi connectivity index (χ1v) is 4.64. The lowest BCUT2D eigenvalue weighted by molar-refractivity contribution is 0.444. The van der Waals surface area contributed by atoms with Crippen LogP contribution in [-0.4, -0.2) is 15.2 Å². The van der Waals surface area contributed by atoms with Crippen LogP contribution in [0.5, 0.6) is 11.8 Å². The van der Waals surface area contributed by atoms with Gasteiger partial charge in [0.2, 0.25) is 11.8 Å². The van der Waals surface area contributed by atoms with Gasteiger partial charge in [-0.15, -0.1) is 5.10 Å². The number of aromatic amines is 1. The van der Waals surface area contributed by atoms with Gasteiger partial charge in [-0.3, -0.25) is 5.10 Å². The van der Waals surface area contributed by atoms with Crippen molar-refractivity contribution in [2.45, 2.75) is 6.92 Å². The molecule has 0 aromatic carbocycles. The number of aryl methyl sites for hydroxylation is 1. The highest BCUT2D eigenvalue weighted by Gasteiger charge is 2.07. The average molecular weight is 225 g/mol. The summed E-state index contributed by atoms with van der Waals surface area (Å²) in [5.41, 5.74) is 6.89. The molecule has 0 radical (unpaired) electrons. The number of hydrogen-bond acceptors (Lipinski definition) is 4. The molecule has 2 aromatic rings. The molecule has 0 fully saturated rings. The lowest BCUT2D eigenvalue weighted by Gasteiger charge is -2.02. The van der Waals surface area contributed by atoms with Crippen molar-refractivity contribution in [1.82, 2.24) is 15.2 Å². The molecule has 0 saturated carbocycles. The molecule has 78 valence electrons. The maximum atomic E-state index is 5.88. The van der Waals surface area contributed by atoms with E-state index < -0.39 is 0 Å². The number of pyridine rings is 1. The molecule has 0 saturated heterocycles. The van der Waals surface area contributed by atoms with Crippen molar-refractivity contribution in [3.05, 3.63) is 29.0 Å². The number of ether oxygens (including phenoxy) is 1. The molecule has 2 heterocycles. The van der Waals surface area contributed by atoms with Crippen molar-refractivity contribution in [3.8, 4) is 11.8 Å².